The molecule has 0 amide bonds. The Kier molecular flexibility index (Phi) is 4.93. The molecule has 0 saturated carbocycles. The maximum Gasteiger partial charge on any atom is 0.165 e. The van der Waals surface area contributed by atoms with Gasteiger partial charge in [0.05, 0.1) is 13.2 Å². The fourth-order valence-corrected chi connectivity index (χ4v) is 2.35. The van der Waals surface area contributed by atoms with Crippen molar-refractivity contribution in [1.29, 1.82) is 0 Å². The first kappa shape index (κ1) is 14.0. The second kappa shape index (κ2) is 6.00. The van der Waals surface area contributed by atoms with Crippen molar-refractivity contribution in [2.75, 3.05) is 7.11 Å². The van der Waals surface area contributed by atoms with Gasteiger partial charge in [0.25, 0.3) is 0 Å². The molecule has 0 spiro atoms. The van der Waals surface area contributed by atoms with E-state index in [9.17, 15) is 4.39 Å². The smallest absolute Gasteiger partial charge is 0.165 e. The van der Waals surface area contributed by atoms with Crippen molar-refractivity contribution in [1.82, 2.24) is 0 Å². The van der Waals surface area contributed by atoms with Gasteiger partial charge in [-0.05, 0) is 17.5 Å². The number of hydrogen-bond acceptors (Lipinski definition) is 3. The van der Waals surface area contributed by atoms with Gasteiger partial charge >= 0.3 is 0 Å². The van der Waals surface area contributed by atoms with Gasteiger partial charge < -0.3 is 10.5 Å². The molecule has 1 aromatic carbocycles. The van der Waals surface area contributed by atoms with Crippen molar-refractivity contribution >= 4 is 23.7 Å². The first-order valence-corrected chi connectivity index (χ1v) is 5.73. The minimum atomic E-state index is -0.382. The number of ether oxygens (including phenoxy) is 1. The Morgan fingerprint density at radius 2 is 2.06 bits per heavy atom. The van der Waals surface area contributed by atoms with Crippen LogP contribution in [0.3, 0.4) is 0 Å². The van der Waals surface area contributed by atoms with Crippen LogP contribution in [0.1, 0.15) is 16.5 Å². The highest BCUT2D eigenvalue weighted by Crippen LogP contribution is 2.32. The first-order chi connectivity index (χ1) is 7.74. The SMILES string of the molecule is COc1c(F)cccc1[C@@H](N)c1cccs1.Cl. The zero-order chi connectivity index (χ0) is 11.5. The van der Waals surface area contributed by atoms with Crippen LogP contribution in [0, 0.1) is 5.82 Å². The van der Waals surface area contributed by atoms with Crippen molar-refractivity contribution in [2.24, 2.45) is 5.73 Å². The van der Waals surface area contributed by atoms with Crippen LogP contribution >= 0.6 is 23.7 Å². The molecule has 0 saturated heterocycles. The van der Waals surface area contributed by atoms with Crippen LogP contribution < -0.4 is 10.5 Å². The molecule has 0 bridgehead atoms. The van der Waals surface area contributed by atoms with E-state index in [-0.39, 0.29) is 30.0 Å². The maximum atomic E-state index is 13.5. The van der Waals surface area contributed by atoms with E-state index in [4.69, 9.17) is 10.5 Å². The molecule has 2 aromatic rings. The number of para-hydroxylation sites is 1. The molecule has 2 N–H and O–H groups in total. The molecule has 17 heavy (non-hydrogen) atoms. The summed E-state index contributed by atoms with van der Waals surface area (Å²) in [5.74, 6) is -0.157. The topological polar surface area (TPSA) is 35.2 Å². The largest absolute Gasteiger partial charge is 0.493 e. The van der Waals surface area contributed by atoms with E-state index in [0.717, 1.165) is 4.88 Å². The zero-order valence-corrected chi connectivity index (χ0v) is 10.9. The standard InChI is InChI=1S/C12H12FNOS.ClH/c1-15-12-8(4-2-5-9(12)13)11(14)10-6-3-7-16-10;/h2-7,11H,14H2,1H3;1H/t11-;/m1./s1. The Balaban J connectivity index is 0.00000144. The highest BCUT2D eigenvalue weighted by atomic mass is 35.5. The third kappa shape index (κ3) is 2.77. The molecule has 0 aliphatic rings. The van der Waals surface area contributed by atoms with E-state index in [1.54, 1.807) is 23.5 Å². The lowest BCUT2D eigenvalue weighted by Crippen LogP contribution is -2.12. The average molecular weight is 274 g/mol. The molecule has 0 aliphatic carbocycles. The summed E-state index contributed by atoms with van der Waals surface area (Å²) in [4.78, 5) is 0.990. The minimum Gasteiger partial charge on any atom is -0.493 e. The Labute approximate surface area is 110 Å². The normalized spacial score (nSPS) is 11.7. The Morgan fingerprint density at radius 3 is 2.65 bits per heavy atom. The van der Waals surface area contributed by atoms with Crippen molar-refractivity contribution in [3.05, 3.63) is 52.0 Å². The summed E-state index contributed by atoms with van der Waals surface area (Å²) >= 11 is 1.55. The van der Waals surface area contributed by atoms with E-state index >= 15 is 0 Å². The van der Waals surface area contributed by atoms with Crippen LogP contribution in [-0.2, 0) is 0 Å². The predicted molar refractivity (Wildman–Crippen MR) is 70.5 cm³/mol. The monoisotopic (exact) mass is 273 g/mol. The average Bonchev–Trinajstić information content (AvgIpc) is 2.81. The van der Waals surface area contributed by atoms with E-state index in [2.05, 4.69) is 0 Å². The molecule has 92 valence electrons. The lowest BCUT2D eigenvalue weighted by atomic mass is 10.0. The van der Waals surface area contributed by atoms with Gasteiger partial charge in [-0.25, -0.2) is 4.39 Å². The summed E-state index contributed by atoms with van der Waals surface area (Å²) in [5.41, 5.74) is 6.74. The predicted octanol–water partition coefficient (Wildman–Crippen LogP) is 3.37. The summed E-state index contributed by atoms with van der Waals surface area (Å²) in [6.45, 7) is 0. The molecule has 1 aromatic heterocycles. The first-order valence-electron chi connectivity index (χ1n) is 4.85. The second-order valence-electron chi connectivity index (χ2n) is 3.36. The summed E-state index contributed by atoms with van der Waals surface area (Å²) in [7, 11) is 1.45. The van der Waals surface area contributed by atoms with Crippen molar-refractivity contribution in [3.63, 3.8) is 0 Å². The van der Waals surface area contributed by atoms with Crippen LogP contribution in [0.5, 0.6) is 5.75 Å². The second-order valence-corrected chi connectivity index (χ2v) is 4.33. The van der Waals surface area contributed by atoms with Gasteiger partial charge in [-0.3, -0.25) is 0 Å². The quantitative estimate of drug-likeness (QED) is 0.931. The van der Waals surface area contributed by atoms with Crippen molar-refractivity contribution in [2.45, 2.75) is 6.04 Å². The van der Waals surface area contributed by atoms with E-state index in [0.29, 0.717) is 5.56 Å². The highest BCUT2D eigenvalue weighted by Gasteiger charge is 2.17. The van der Waals surface area contributed by atoms with E-state index < -0.39 is 0 Å². The molecular weight excluding hydrogens is 261 g/mol. The fourth-order valence-electron chi connectivity index (χ4n) is 1.61. The lowest BCUT2D eigenvalue weighted by molar-refractivity contribution is 0.380. The van der Waals surface area contributed by atoms with Crippen LogP contribution in [0.15, 0.2) is 35.7 Å². The number of nitrogens with two attached hydrogens (primary N) is 1. The highest BCUT2D eigenvalue weighted by molar-refractivity contribution is 7.10. The maximum absolute atomic E-state index is 13.5. The van der Waals surface area contributed by atoms with E-state index in [1.807, 2.05) is 17.5 Å². The molecule has 1 heterocycles. The van der Waals surface area contributed by atoms with Crippen molar-refractivity contribution in [3.8, 4) is 5.75 Å². The number of hydrogen-bond donors (Lipinski definition) is 1. The number of halogens is 2. The molecule has 1 atom stereocenters. The van der Waals surface area contributed by atoms with Gasteiger partial charge in [0.2, 0.25) is 0 Å². The number of benzene rings is 1. The van der Waals surface area contributed by atoms with Crippen LogP contribution in [0.2, 0.25) is 0 Å². The Hall–Kier alpha value is -1.10. The van der Waals surface area contributed by atoms with Crippen LogP contribution in [-0.4, -0.2) is 7.11 Å². The number of rotatable bonds is 3. The Morgan fingerprint density at radius 1 is 1.29 bits per heavy atom. The molecule has 2 rings (SSSR count). The lowest BCUT2D eigenvalue weighted by Gasteiger charge is -2.14. The fraction of sp³-hybridized carbons (Fsp3) is 0.167. The Bertz CT molecular complexity index is 475. The zero-order valence-electron chi connectivity index (χ0n) is 9.22. The van der Waals surface area contributed by atoms with Crippen LogP contribution in [0.4, 0.5) is 4.39 Å². The van der Waals surface area contributed by atoms with Crippen LogP contribution in [0.25, 0.3) is 0 Å². The molecule has 0 aliphatic heterocycles. The number of thiophene rings is 1. The summed E-state index contributed by atoms with van der Waals surface area (Å²) < 4.78 is 18.5. The van der Waals surface area contributed by atoms with Gasteiger partial charge in [0.15, 0.2) is 11.6 Å². The summed E-state index contributed by atoms with van der Waals surface area (Å²) in [6.07, 6.45) is 0. The minimum absolute atomic E-state index is 0. The molecular formula is C12H13ClFNOS. The molecule has 0 unspecified atom stereocenters. The number of methoxy groups -OCH3 is 1. The third-order valence-electron chi connectivity index (χ3n) is 2.39. The van der Waals surface area contributed by atoms with Gasteiger partial charge in [-0.2, -0.15) is 0 Å². The molecule has 0 fully saturated rings. The summed E-state index contributed by atoms with van der Waals surface area (Å²) in [5, 5.41) is 1.95. The molecule has 0 radical (unpaired) electrons. The van der Waals surface area contributed by atoms with Crippen molar-refractivity contribution < 1.29 is 9.13 Å². The van der Waals surface area contributed by atoms with Gasteiger partial charge in [-0.15, -0.1) is 23.7 Å². The van der Waals surface area contributed by atoms with E-state index in [1.165, 1.54) is 13.2 Å². The summed E-state index contributed by atoms with van der Waals surface area (Å²) in [6, 6.07) is 8.30. The van der Waals surface area contributed by atoms with Gasteiger partial charge in [-0.1, -0.05) is 18.2 Å². The molecule has 2 nitrogen and oxygen atoms in total. The van der Waals surface area contributed by atoms with Gasteiger partial charge in [0, 0.05) is 10.4 Å². The molecule has 5 heteroatoms. The van der Waals surface area contributed by atoms with Gasteiger partial charge in [0.1, 0.15) is 0 Å². The third-order valence-corrected chi connectivity index (χ3v) is 3.34.